The number of fused-ring (bicyclic) bond motifs is 24. The Morgan fingerprint density at radius 1 is 0.133 bits per heavy atom. The third-order valence-corrected chi connectivity index (χ3v) is 31.8. The molecular formula is C120H64B4N4. The molecule has 4 aromatic heterocycles. The number of benzene rings is 20. The zero-order chi connectivity index (χ0) is 82.2. The van der Waals surface area contributed by atoms with Crippen LogP contribution in [0.1, 0.15) is 0 Å². The quantitative estimate of drug-likeness (QED) is 0.157. The van der Waals surface area contributed by atoms with Crippen molar-refractivity contribution in [1.29, 1.82) is 0 Å². The molecule has 0 spiro atoms. The van der Waals surface area contributed by atoms with Gasteiger partial charge in [0.1, 0.15) is 0 Å². The Morgan fingerprint density at radius 3 is 0.922 bits per heavy atom. The van der Waals surface area contributed by atoms with Gasteiger partial charge in [-0.1, -0.05) is 356 Å². The van der Waals surface area contributed by atoms with Crippen molar-refractivity contribution in [2.75, 3.05) is 0 Å². The van der Waals surface area contributed by atoms with Gasteiger partial charge < -0.3 is 18.3 Å². The van der Waals surface area contributed by atoms with E-state index in [0.717, 1.165) is 0 Å². The number of hydrogen-bond donors (Lipinski definition) is 0. The number of rotatable bonds is 4. The van der Waals surface area contributed by atoms with Crippen LogP contribution in [0.15, 0.2) is 388 Å². The zero-order valence-corrected chi connectivity index (χ0v) is 69.0. The molecule has 0 amide bonds. The summed E-state index contributed by atoms with van der Waals surface area (Å²) in [5, 5.41) is 10.9. The third-order valence-electron chi connectivity index (χ3n) is 31.8. The molecule has 20 aromatic carbocycles. The van der Waals surface area contributed by atoms with E-state index < -0.39 is 0 Å². The maximum atomic E-state index is 2.58. The van der Waals surface area contributed by atoms with E-state index in [1.54, 1.807) is 0 Å². The topological polar surface area (TPSA) is 19.7 Å². The second-order valence-corrected chi connectivity index (χ2v) is 37.2. The molecule has 12 aliphatic rings. The first-order valence-corrected chi connectivity index (χ1v) is 45.3. The van der Waals surface area contributed by atoms with Crippen molar-refractivity contribution in [3.8, 4) is 156 Å². The average Bonchev–Trinajstić information content (AvgIpc) is 1.51. The van der Waals surface area contributed by atoms with Crippen LogP contribution in [0.4, 0.5) is 0 Å². The second kappa shape index (κ2) is 23.3. The van der Waals surface area contributed by atoms with Crippen molar-refractivity contribution in [3.05, 3.63) is 388 Å². The fraction of sp³-hybridized carbons (Fsp3) is 0. The van der Waals surface area contributed by atoms with Crippen molar-refractivity contribution >= 4 is 180 Å². The van der Waals surface area contributed by atoms with E-state index in [1.165, 1.54) is 309 Å². The molecule has 0 saturated heterocycles. The van der Waals surface area contributed by atoms with E-state index >= 15 is 0 Å². The van der Waals surface area contributed by atoms with Crippen LogP contribution >= 0.6 is 0 Å². The van der Waals surface area contributed by atoms with E-state index in [9.17, 15) is 0 Å². The van der Waals surface area contributed by atoms with Gasteiger partial charge in [0.25, 0.3) is 0 Å². The maximum absolute atomic E-state index is 2.58. The van der Waals surface area contributed by atoms with Crippen LogP contribution in [0.3, 0.4) is 0 Å². The van der Waals surface area contributed by atoms with Crippen LogP contribution in [0, 0.1) is 0 Å². The van der Waals surface area contributed by atoms with Gasteiger partial charge in [0, 0.05) is 93.5 Å². The largest absolute Gasteiger partial charge is 0.310 e. The number of hydrogen-bond acceptors (Lipinski definition) is 0. The maximum Gasteiger partial charge on any atom is 0.249 e. The van der Waals surface area contributed by atoms with Gasteiger partial charge in [-0.2, -0.15) is 0 Å². The van der Waals surface area contributed by atoms with Crippen LogP contribution in [-0.4, -0.2) is 45.1 Å². The predicted octanol–water partition coefficient (Wildman–Crippen LogP) is 21.0. The third kappa shape index (κ3) is 7.79. The monoisotopic (exact) mass is 1600 g/mol. The molecule has 128 heavy (non-hydrogen) atoms. The molecule has 0 fully saturated rings. The Balaban J connectivity index is 0.0000000784. The summed E-state index contributed by atoms with van der Waals surface area (Å²) in [6.07, 6.45) is 0. The average molecular weight is 1610 g/mol. The SMILES string of the molecule is c1ccc(-c2cc3c4c(c2)-n2c5ccccc5c5ccc6c(c52)B4c2c-3cccc2-6)cc1.c1ccc(-c2ccc3c(c2)c2ccc4c5c2n3-c2cccc3c2B5c2c-3cccc2-4)cc1.c1ccc(-c2ccc3c4c2-n2c5ccccc5c5ccc6c(c52)B4c2c-3cccc2-6)cc1.c1ccc(-c2ccc3c4ccc5c6c4n(c3c2)-c2cccc3c2B6c2c-3cccc2-5)cc1. The van der Waals surface area contributed by atoms with Crippen molar-refractivity contribution in [3.63, 3.8) is 0 Å². The van der Waals surface area contributed by atoms with Gasteiger partial charge in [0.05, 0.1) is 22.1 Å². The van der Waals surface area contributed by atoms with Crippen LogP contribution in [0.5, 0.6) is 0 Å². The lowest BCUT2D eigenvalue weighted by Crippen LogP contribution is -2.50. The first-order chi connectivity index (χ1) is 63.6. The number of nitrogens with zero attached hydrogens (tertiary/aromatic N) is 4. The summed E-state index contributed by atoms with van der Waals surface area (Å²) in [6, 6.07) is 145. The van der Waals surface area contributed by atoms with Crippen molar-refractivity contribution in [2.45, 2.75) is 0 Å². The Hall–Kier alpha value is -16.1. The summed E-state index contributed by atoms with van der Waals surface area (Å²) in [5.41, 5.74) is 67.4. The van der Waals surface area contributed by atoms with Crippen molar-refractivity contribution in [1.82, 2.24) is 18.3 Å². The molecule has 0 aliphatic carbocycles. The molecule has 4 nitrogen and oxygen atoms in total. The molecule has 0 radical (unpaired) electrons. The van der Waals surface area contributed by atoms with Crippen LogP contribution in [0.2, 0.25) is 0 Å². The number of para-hydroxylation sites is 2. The summed E-state index contributed by atoms with van der Waals surface area (Å²) in [7, 11) is 0. The second-order valence-electron chi connectivity index (χ2n) is 37.2. The summed E-state index contributed by atoms with van der Waals surface area (Å²) in [5.74, 6) is 0. The molecule has 24 aromatic rings. The van der Waals surface area contributed by atoms with Gasteiger partial charge in [-0.05, 0) is 226 Å². The van der Waals surface area contributed by atoms with E-state index in [4.69, 9.17) is 0 Å². The number of aromatic nitrogens is 4. The Labute approximate surface area is 737 Å². The molecule has 0 N–H and O–H groups in total. The van der Waals surface area contributed by atoms with E-state index in [2.05, 4.69) is 407 Å². The molecule has 0 unspecified atom stereocenters. The van der Waals surface area contributed by atoms with Gasteiger partial charge in [-0.25, -0.2) is 0 Å². The lowest BCUT2D eigenvalue weighted by molar-refractivity contribution is 1.19. The first kappa shape index (κ1) is 66.4. The van der Waals surface area contributed by atoms with Gasteiger partial charge in [-0.15, -0.1) is 0 Å². The molecule has 16 heterocycles. The minimum absolute atomic E-state index is 0.352. The van der Waals surface area contributed by atoms with Crippen LogP contribution < -0.4 is 65.6 Å². The smallest absolute Gasteiger partial charge is 0.249 e. The molecule has 0 bridgehead atoms. The lowest BCUT2D eigenvalue weighted by atomic mass is 9.39. The minimum Gasteiger partial charge on any atom is -0.310 e. The fourth-order valence-electron chi connectivity index (χ4n) is 27.2. The minimum atomic E-state index is 0.352. The highest BCUT2D eigenvalue weighted by Crippen LogP contribution is 2.52. The molecular weight excluding hydrogens is 1540 g/mol. The van der Waals surface area contributed by atoms with E-state index in [-0.39, 0.29) is 0 Å². The van der Waals surface area contributed by atoms with Gasteiger partial charge in [0.2, 0.25) is 26.9 Å². The standard InChI is InChI=1S/4C30H16BN/c1-2-6-17(7-3-1)18-12-15-25-24(16-18)23-14-13-22-20-9-4-8-19-21-10-5-11-26-28(21)31(27(19)20)29(22)30(23)32(25)26;1-2-6-17(7-3-1)18-12-13-19-24-15-14-23-21-9-4-8-20-22-10-5-11-25-28(22)31(27(20)21)29(23)30(24)32(25)26(19)16-18;1-2-7-17(8-3-1)18-15-24-21-11-6-10-20-22-13-14-23-19-9-4-5-12-25(19)32-26(16-18)28(24)31(27(20)21)29(22)30(23)32;1-2-7-17(8-3-1)18-13-14-22-20-10-6-11-21-23-15-16-24-19-9-4-5-12-25(19)32-29(18)27(22)31(26(20)21)28(23)30(24)32/h4*1-16H. The summed E-state index contributed by atoms with van der Waals surface area (Å²) in [6.45, 7) is 1.49. The van der Waals surface area contributed by atoms with Gasteiger partial charge >= 0.3 is 0 Å². The molecule has 8 heteroatoms. The highest BCUT2D eigenvalue weighted by molar-refractivity contribution is 7.07. The molecule has 0 saturated carbocycles. The summed E-state index contributed by atoms with van der Waals surface area (Å²) >= 11 is 0. The van der Waals surface area contributed by atoms with Crippen molar-refractivity contribution < 1.29 is 0 Å². The van der Waals surface area contributed by atoms with Gasteiger partial charge in [0.15, 0.2) is 0 Å². The zero-order valence-electron chi connectivity index (χ0n) is 69.0. The molecule has 0 atom stereocenters. The van der Waals surface area contributed by atoms with Gasteiger partial charge in [-0.3, -0.25) is 0 Å². The first-order valence-electron chi connectivity index (χ1n) is 45.3. The normalized spacial score (nSPS) is 13.6. The molecule has 36 rings (SSSR count). The van der Waals surface area contributed by atoms with E-state index in [1.807, 2.05) is 0 Å². The molecule has 576 valence electrons. The molecule has 12 aliphatic heterocycles. The fourth-order valence-corrected chi connectivity index (χ4v) is 27.2. The predicted molar refractivity (Wildman–Crippen MR) is 541 cm³/mol. The van der Waals surface area contributed by atoms with Crippen LogP contribution in [0.25, 0.3) is 243 Å². The Bertz CT molecular complexity index is 9440. The van der Waals surface area contributed by atoms with Crippen LogP contribution in [-0.2, 0) is 0 Å². The summed E-state index contributed by atoms with van der Waals surface area (Å²) in [4.78, 5) is 0. The lowest BCUT2D eigenvalue weighted by Gasteiger charge is -2.26. The Kier molecular flexibility index (Phi) is 12.1. The summed E-state index contributed by atoms with van der Waals surface area (Å²) < 4.78 is 10.2. The Morgan fingerprint density at radius 2 is 0.438 bits per heavy atom. The van der Waals surface area contributed by atoms with E-state index in [0.29, 0.717) is 26.9 Å². The highest BCUT2D eigenvalue weighted by Gasteiger charge is 2.53. The van der Waals surface area contributed by atoms with Crippen molar-refractivity contribution in [2.24, 2.45) is 0 Å². The highest BCUT2D eigenvalue weighted by atomic mass is 15.0.